The summed E-state index contributed by atoms with van der Waals surface area (Å²) in [5.74, 6) is -0.664. The van der Waals surface area contributed by atoms with Crippen LogP contribution < -0.4 is 4.90 Å². The SMILES string of the molecule is COC[C@@H]1CCCN1C[C@H]1C[C@@H](c2ccc(CO)cc2)O[C@@H](c2cccc(N3C(=O)c4ccccc4C3=O)c2)O1. The molecule has 40 heavy (non-hydrogen) atoms. The standard InChI is InChI=1S/C32H34N2O6/c1-38-20-25-8-5-15-33(25)18-26-17-29(22-13-11-21(19-35)12-14-22)40-32(39-26)23-6-4-7-24(16-23)34-30(36)27-9-2-3-10-28(27)31(34)37/h2-4,6-7,9-14,16,25-26,29,32,35H,5,8,15,17-20H2,1H3/t25-,26+,29-,32-/m0/s1. The Balaban J connectivity index is 1.27. The Morgan fingerprint density at radius 2 is 1.68 bits per heavy atom. The van der Waals surface area contributed by atoms with Crippen LogP contribution in [-0.4, -0.2) is 60.8 Å². The molecule has 3 heterocycles. The predicted molar refractivity (Wildman–Crippen MR) is 149 cm³/mol. The van der Waals surface area contributed by atoms with E-state index in [1.54, 1.807) is 37.4 Å². The molecule has 0 saturated carbocycles. The van der Waals surface area contributed by atoms with Gasteiger partial charge in [0.1, 0.15) is 0 Å². The highest BCUT2D eigenvalue weighted by Crippen LogP contribution is 2.40. The summed E-state index contributed by atoms with van der Waals surface area (Å²) >= 11 is 0. The van der Waals surface area contributed by atoms with Crippen molar-refractivity contribution >= 4 is 17.5 Å². The number of aliphatic hydroxyl groups excluding tert-OH is 1. The number of nitrogens with zero attached hydrogens (tertiary/aromatic N) is 2. The van der Waals surface area contributed by atoms with E-state index in [1.165, 1.54) is 4.90 Å². The van der Waals surface area contributed by atoms with E-state index >= 15 is 0 Å². The van der Waals surface area contributed by atoms with Crippen molar-refractivity contribution in [1.82, 2.24) is 4.90 Å². The van der Waals surface area contributed by atoms with Gasteiger partial charge in [0.2, 0.25) is 0 Å². The quantitative estimate of drug-likeness (QED) is 0.415. The number of likely N-dealkylation sites (tertiary alicyclic amines) is 1. The van der Waals surface area contributed by atoms with Crippen LogP contribution in [0.4, 0.5) is 5.69 Å². The average molecular weight is 543 g/mol. The van der Waals surface area contributed by atoms with Crippen molar-refractivity contribution in [3.8, 4) is 0 Å². The van der Waals surface area contributed by atoms with E-state index in [0.717, 1.165) is 42.6 Å². The molecule has 0 aromatic heterocycles. The van der Waals surface area contributed by atoms with Crippen molar-refractivity contribution in [2.24, 2.45) is 0 Å². The molecule has 0 unspecified atom stereocenters. The van der Waals surface area contributed by atoms with Crippen molar-refractivity contribution in [2.45, 2.75) is 50.4 Å². The Morgan fingerprint density at radius 1 is 0.925 bits per heavy atom. The fourth-order valence-corrected chi connectivity index (χ4v) is 6.05. The van der Waals surface area contributed by atoms with Crippen molar-refractivity contribution in [3.63, 3.8) is 0 Å². The number of hydrogen-bond donors (Lipinski definition) is 1. The molecular weight excluding hydrogens is 508 g/mol. The number of ether oxygens (including phenoxy) is 3. The molecule has 4 atom stereocenters. The Kier molecular flexibility index (Phi) is 7.78. The molecule has 0 spiro atoms. The summed E-state index contributed by atoms with van der Waals surface area (Å²) in [5.41, 5.74) is 3.91. The van der Waals surface area contributed by atoms with Gasteiger partial charge in [-0.25, -0.2) is 4.90 Å². The maximum absolute atomic E-state index is 13.1. The molecule has 2 saturated heterocycles. The van der Waals surface area contributed by atoms with Gasteiger partial charge in [-0.2, -0.15) is 0 Å². The first-order chi connectivity index (χ1) is 19.6. The van der Waals surface area contributed by atoms with E-state index in [-0.39, 0.29) is 30.6 Å². The zero-order chi connectivity index (χ0) is 27.6. The van der Waals surface area contributed by atoms with E-state index in [2.05, 4.69) is 4.90 Å². The fourth-order valence-electron chi connectivity index (χ4n) is 6.05. The van der Waals surface area contributed by atoms with Gasteiger partial charge in [-0.15, -0.1) is 0 Å². The number of aliphatic hydroxyl groups is 1. The van der Waals surface area contributed by atoms with E-state index in [1.807, 2.05) is 42.5 Å². The number of carbonyl (C=O) groups excluding carboxylic acids is 2. The van der Waals surface area contributed by atoms with Gasteiger partial charge >= 0.3 is 0 Å². The van der Waals surface area contributed by atoms with Crippen molar-refractivity contribution in [3.05, 3.63) is 101 Å². The monoisotopic (exact) mass is 542 g/mol. The van der Waals surface area contributed by atoms with Gasteiger partial charge in [0.15, 0.2) is 6.29 Å². The van der Waals surface area contributed by atoms with Crippen molar-refractivity contribution in [2.75, 3.05) is 31.7 Å². The van der Waals surface area contributed by atoms with Crippen LogP contribution in [0.3, 0.4) is 0 Å². The lowest BCUT2D eigenvalue weighted by Crippen LogP contribution is -2.42. The molecule has 1 N–H and O–H groups in total. The Bertz CT molecular complexity index is 1340. The van der Waals surface area contributed by atoms with Crippen LogP contribution in [0.25, 0.3) is 0 Å². The highest BCUT2D eigenvalue weighted by Gasteiger charge is 2.38. The highest BCUT2D eigenvalue weighted by molar-refractivity contribution is 6.34. The van der Waals surface area contributed by atoms with E-state index in [4.69, 9.17) is 14.2 Å². The number of imide groups is 1. The Hall–Kier alpha value is -3.40. The molecule has 3 aliphatic rings. The van der Waals surface area contributed by atoms with Crippen LogP contribution in [-0.2, 0) is 20.8 Å². The molecule has 3 aromatic carbocycles. The minimum atomic E-state index is -0.681. The molecule has 3 aliphatic heterocycles. The maximum Gasteiger partial charge on any atom is 0.266 e. The van der Waals surface area contributed by atoms with E-state index in [9.17, 15) is 14.7 Å². The molecule has 208 valence electrons. The van der Waals surface area contributed by atoms with Crippen LogP contribution in [0.1, 0.15) is 69.1 Å². The molecule has 8 nitrogen and oxygen atoms in total. The summed E-state index contributed by atoms with van der Waals surface area (Å²) in [4.78, 5) is 29.9. The second-order valence-corrected chi connectivity index (χ2v) is 10.7. The van der Waals surface area contributed by atoms with Crippen LogP contribution in [0, 0.1) is 0 Å². The number of rotatable bonds is 8. The van der Waals surface area contributed by atoms with Gasteiger partial charge in [0.25, 0.3) is 11.8 Å². The Labute approximate surface area is 234 Å². The first-order valence-corrected chi connectivity index (χ1v) is 13.9. The molecule has 2 fully saturated rings. The summed E-state index contributed by atoms with van der Waals surface area (Å²) in [7, 11) is 1.74. The second kappa shape index (κ2) is 11.6. The number of carbonyl (C=O) groups is 2. The molecule has 6 rings (SSSR count). The topological polar surface area (TPSA) is 88.5 Å². The van der Waals surface area contributed by atoms with E-state index < -0.39 is 6.29 Å². The number of anilines is 1. The third kappa shape index (κ3) is 5.21. The number of benzene rings is 3. The lowest BCUT2D eigenvalue weighted by Gasteiger charge is -2.39. The smallest absolute Gasteiger partial charge is 0.266 e. The summed E-state index contributed by atoms with van der Waals surface area (Å²) < 4.78 is 18.5. The maximum atomic E-state index is 13.1. The highest BCUT2D eigenvalue weighted by atomic mass is 16.7. The van der Waals surface area contributed by atoms with Crippen molar-refractivity contribution < 1.29 is 28.9 Å². The van der Waals surface area contributed by atoms with Gasteiger partial charge in [-0.3, -0.25) is 14.5 Å². The van der Waals surface area contributed by atoms with Gasteiger partial charge in [-0.1, -0.05) is 48.5 Å². The molecule has 0 bridgehead atoms. The minimum Gasteiger partial charge on any atom is -0.392 e. The molecular formula is C32H34N2O6. The molecule has 3 aromatic rings. The lowest BCUT2D eigenvalue weighted by atomic mass is 9.99. The molecule has 8 heteroatoms. The van der Waals surface area contributed by atoms with Gasteiger partial charge in [0.05, 0.1) is 42.2 Å². The third-order valence-corrected chi connectivity index (χ3v) is 8.11. The van der Waals surface area contributed by atoms with Crippen LogP contribution in [0.15, 0.2) is 72.8 Å². The number of fused-ring (bicyclic) bond motifs is 1. The second-order valence-electron chi connectivity index (χ2n) is 10.7. The average Bonchev–Trinajstić information content (AvgIpc) is 3.54. The van der Waals surface area contributed by atoms with Gasteiger partial charge in [-0.05, 0) is 54.8 Å². The molecule has 0 radical (unpaired) electrons. The Morgan fingerprint density at radius 3 is 2.38 bits per heavy atom. The number of hydrogen-bond acceptors (Lipinski definition) is 7. The summed E-state index contributed by atoms with van der Waals surface area (Å²) in [6, 6.07) is 22.4. The third-order valence-electron chi connectivity index (χ3n) is 8.11. The number of amides is 2. The summed E-state index contributed by atoms with van der Waals surface area (Å²) in [5, 5.41) is 9.49. The zero-order valence-corrected chi connectivity index (χ0v) is 22.6. The molecule has 0 aliphatic carbocycles. The molecule has 2 amide bonds. The van der Waals surface area contributed by atoms with Crippen LogP contribution >= 0.6 is 0 Å². The predicted octanol–water partition coefficient (Wildman–Crippen LogP) is 4.64. The van der Waals surface area contributed by atoms with Gasteiger partial charge < -0.3 is 19.3 Å². The van der Waals surface area contributed by atoms with Crippen LogP contribution in [0.2, 0.25) is 0 Å². The summed E-state index contributed by atoms with van der Waals surface area (Å²) in [6.45, 7) is 2.45. The van der Waals surface area contributed by atoms with Gasteiger partial charge in [0, 0.05) is 31.7 Å². The normalized spacial score (nSPS) is 25.0. The van der Waals surface area contributed by atoms with E-state index in [0.29, 0.717) is 35.9 Å². The minimum absolute atomic E-state index is 0.0133. The zero-order valence-electron chi connectivity index (χ0n) is 22.6. The first kappa shape index (κ1) is 26.8. The first-order valence-electron chi connectivity index (χ1n) is 13.9. The van der Waals surface area contributed by atoms with Crippen LogP contribution in [0.5, 0.6) is 0 Å². The fraction of sp³-hybridized carbons (Fsp3) is 0.375. The van der Waals surface area contributed by atoms with Crippen molar-refractivity contribution in [1.29, 1.82) is 0 Å². The number of methoxy groups -OCH3 is 1. The lowest BCUT2D eigenvalue weighted by molar-refractivity contribution is -0.253. The largest absolute Gasteiger partial charge is 0.392 e. The summed E-state index contributed by atoms with van der Waals surface area (Å²) in [6.07, 6.45) is 1.93.